The summed E-state index contributed by atoms with van der Waals surface area (Å²) in [5.74, 6) is 1.45. The Bertz CT molecular complexity index is 1770. The number of hydrogen-bond acceptors (Lipinski definition) is 6. The van der Waals surface area contributed by atoms with Crippen LogP contribution in [0.3, 0.4) is 0 Å². The number of amides is 2. The average molecular weight is 558 g/mol. The highest BCUT2D eigenvalue weighted by molar-refractivity contribution is 6.32. The van der Waals surface area contributed by atoms with Crippen LogP contribution in [0.5, 0.6) is 17.2 Å². The van der Waals surface area contributed by atoms with E-state index in [0.717, 1.165) is 17.2 Å². The van der Waals surface area contributed by atoms with Gasteiger partial charge >= 0.3 is 6.03 Å². The van der Waals surface area contributed by atoms with Crippen molar-refractivity contribution in [2.45, 2.75) is 12.5 Å². The molecule has 0 aliphatic carbocycles. The smallest absolute Gasteiger partial charge is 0.315 e. The molecule has 40 heavy (non-hydrogen) atoms. The number of imidazole rings is 1. The Morgan fingerprint density at radius 3 is 2.67 bits per heavy atom. The number of urea groups is 1. The largest absolute Gasteiger partial charge is 0.507 e. The van der Waals surface area contributed by atoms with E-state index in [9.17, 15) is 14.7 Å². The lowest BCUT2D eigenvalue weighted by atomic mass is 9.98. The zero-order chi connectivity index (χ0) is 27.6. The molecule has 2 aromatic heterocycles. The number of pyridine rings is 1. The van der Waals surface area contributed by atoms with Crippen molar-refractivity contribution in [3.8, 4) is 28.5 Å². The number of halogens is 1. The van der Waals surface area contributed by atoms with Gasteiger partial charge in [0.05, 0.1) is 11.4 Å². The van der Waals surface area contributed by atoms with Crippen molar-refractivity contribution in [2.75, 3.05) is 13.3 Å². The lowest BCUT2D eigenvalue weighted by molar-refractivity contribution is 0.174. The van der Waals surface area contributed by atoms with E-state index < -0.39 is 5.56 Å². The first-order valence-corrected chi connectivity index (χ1v) is 12.9. The van der Waals surface area contributed by atoms with Gasteiger partial charge < -0.3 is 35.2 Å². The Hall–Kier alpha value is -4.96. The van der Waals surface area contributed by atoms with Gasteiger partial charge in [-0.1, -0.05) is 54.1 Å². The van der Waals surface area contributed by atoms with Crippen molar-refractivity contribution in [1.82, 2.24) is 25.6 Å². The van der Waals surface area contributed by atoms with E-state index >= 15 is 0 Å². The summed E-state index contributed by atoms with van der Waals surface area (Å²) in [5, 5.41) is 16.9. The number of aromatic hydroxyl groups is 1. The highest BCUT2D eigenvalue weighted by Crippen LogP contribution is 2.34. The number of fused-ring (bicyclic) bond motifs is 2. The van der Waals surface area contributed by atoms with Gasteiger partial charge in [-0.15, -0.1) is 0 Å². The second-order valence-electron chi connectivity index (χ2n) is 9.28. The first-order valence-electron chi connectivity index (χ1n) is 12.5. The van der Waals surface area contributed by atoms with Crippen LogP contribution in [-0.2, 0) is 6.54 Å². The predicted octanol–water partition coefficient (Wildman–Crippen LogP) is 4.64. The molecule has 1 aliphatic rings. The molecule has 11 heteroatoms. The molecule has 0 spiro atoms. The number of ether oxygens (including phenoxy) is 2. The van der Waals surface area contributed by atoms with E-state index in [0.29, 0.717) is 51.2 Å². The fourth-order valence-corrected chi connectivity index (χ4v) is 4.91. The van der Waals surface area contributed by atoms with Gasteiger partial charge in [-0.05, 0) is 35.4 Å². The minimum atomic E-state index is -0.393. The van der Waals surface area contributed by atoms with Gasteiger partial charge in [0.25, 0.3) is 5.56 Å². The molecule has 202 valence electrons. The molecule has 1 atom stereocenters. The van der Waals surface area contributed by atoms with Crippen LogP contribution in [0.2, 0.25) is 5.15 Å². The maximum absolute atomic E-state index is 12.7. The van der Waals surface area contributed by atoms with Crippen LogP contribution in [0.1, 0.15) is 22.9 Å². The number of hydrogen-bond donors (Lipinski definition) is 5. The quantitative estimate of drug-likeness (QED) is 0.197. The first-order chi connectivity index (χ1) is 19.4. The minimum Gasteiger partial charge on any atom is -0.507 e. The molecule has 1 aliphatic heterocycles. The Kier molecular flexibility index (Phi) is 6.75. The van der Waals surface area contributed by atoms with Gasteiger partial charge in [0.2, 0.25) is 6.79 Å². The molecule has 0 bridgehead atoms. The Morgan fingerprint density at radius 1 is 1.00 bits per heavy atom. The number of rotatable bonds is 7. The molecule has 5 N–H and O–H groups in total. The highest BCUT2D eigenvalue weighted by Gasteiger charge is 2.22. The molecule has 2 amide bonds. The third-order valence-electron chi connectivity index (χ3n) is 6.66. The summed E-state index contributed by atoms with van der Waals surface area (Å²) < 4.78 is 10.7. The number of carbonyl (C=O) groups excluding carboxylic acids is 1. The van der Waals surface area contributed by atoms with Crippen LogP contribution in [0.15, 0.2) is 77.6 Å². The van der Waals surface area contributed by atoms with E-state index in [1.54, 1.807) is 18.2 Å². The van der Waals surface area contributed by atoms with Crippen LogP contribution < -0.4 is 25.7 Å². The number of aromatic nitrogens is 3. The molecule has 5 aromatic rings. The van der Waals surface area contributed by atoms with Crippen LogP contribution >= 0.6 is 11.6 Å². The lowest BCUT2D eigenvalue weighted by Crippen LogP contribution is -2.37. The summed E-state index contributed by atoms with van der Waals surface area (Å²) in [6, 6.07) is 21.1. The topological polar surface area (TPSA) is 141 Å². The zero-order valence-corrected chi connectivity index (χ0v) is 21.8. The van der Waals surface area contributed by atoms with E-state index in [-0.39, 0.29) is 31.0 Å². The molecule has 0 radical (unpaired) electrons. The Balaban J connectivity index is 1.21. The third kappa shape index (κ3) is 5.16. The SMILES string of the molecule is O=C(NCc1ccc2c(c1)OCO2)NC[C@H](c1ccccc1)c1nc(-c2ccc3[nH]c(=O)cc(O)c3c2)c(Cl)[nH]1. The monoisotopic (exact) mass is 557 g/mol. The normalized spacial score (nSPS) is 12.8. The van der Waals surface area contributed by atoms with Crippen LogP contribution in [0.4, 0.5) is 4.79 Å². The number of nitrogens with zero attached hydrogens (tertiary/aromatic N) is 1. The van der Waals surface area contributed by atoms with Crippen molar-refractivity contribution >= 4 is 28.5 Å². The Morgan fingerprint density at radius 2 is 1.82 bits per heavy atom. The third-order valence-corrected chi connectivity index (χ3v) is 6.93. The van der Waals surface area contributed by atoms with E-state index in [1.807, 2.05) is 48.5 Å². The van der Waals surface area contributed by atoms with Crippen molar-refractivity contribution < 1.29 is 19.4 Å². The standard InChI is InChI=1S/C29H24ClN5O5/c30-27-26(18-7-8-21-19(11-18)22(36)12-25(37)33-21)34-28(35-27)20(17-4-2-1-3-5-17)14-32-29(38)31-13-16-6-9-23-24(10-16)40-15-39-23/h1-12,20H,13-15H2,(H,34,35)(H2,31,32,38)(H2,33,36,37)/t20-/m1/s1. The van der Waals surface area contributed by atoms with Gasteiger partial charge in [0.1, 0.15) is 22.4 Å². The van der Waals surface area contributed by atoms with Crippen LogP contribution in [0.25, 0.3) is 22.2 Å². The summed E-state index contributed by atoms with van der Waals surface area (Å²) >= 11 is 6.59. The van der Waals surface area contributed by atoms with Crippen molar-refractivity contribution in [2.24, 2.45) is 0 Å². The summed E-state index contributed by atoms with van der Waals surface area (Å²) in [6.07, 6.45) is 0. The zero-order valence-electron chi connectivity index (χ0n) is 21.0. The minimum absolute atomic E-state index is 0.134. The lowest BCUT2D eigenvalue weighted by Gasteiger charge is -2.16. The fraction of sp³-hybridized carbons (Fsp3) is 0.138. The second kappa shape index (κ2) is 10.7. The average Bonchev–Trinajstić information content (AvgIpc) is 3.58. The number of H-pyrrole nitrogens is 2. The van der Waals surface area contributed by atoms with E-state index in [2.05, 4.69) is 20.6 Å². The number of nitrogens with one attached hydrogen (secondary N) is 4. The second-order valence-corrected chi connectivity index (χ2v) is 9.66. The number of carbonyl (C=O) groups is 1. The number of benzene rings is 3. The van der Waals surface area contributed by atoms with Crippen molar-refractivity contribution in [3.63, 3.8) is 0 Å². The van der Waals surface area contributed by atoms with Crippen molar-refractivity contribution in [3.05, 3.63) is 105 Å². The summed E-state index contributed by atoms with van der Waals surface area (Å²) in [7, 11) is 0. The van der Waals surface area contributed by atoms with Gasteiger partial charge in [0.15, 0.2) is 11.5 Å². The maximum atomic E-state index is 12.7. The van der Waals surface area contributed by atoms with Gasteiger partial charge in [-0.3, -0.25) is 4.79 Å². The predicted molar refractivity (Wildman–Crippen MR) is 150 cm³/mol. The van der Waals surface area contributed by atoms with Crippen LogP contribution in [-0.4, -0.2) is 39.4 Å². The molecule has 6 rings (SSSR count). The first kappa shape index (κ1) is 25.3. The summed E-state index contributed by atoms with van der Waals surface area (Å²) in [4.78, 5) is 35.0. The maximum Gasteiger partial charge on any atom is 0.315 e. The van der Waals surface area contributed by atoms with Gasteiger partial charge in [-0.2, -0.15) is 0 Å². The molecule has 0 saturated heterocycles. The number of aromatic amines is 2. The van der Waals surface area contributed by atoms with E-state index in [1.165, 1.54) is 0 Å². The summed E-state index contributed by atoms with van der Waals surface area (Å²) in [5.41, 5.74) is 3.06. The molecule has 3 heterocycles. The van der Waals surface area contributed by atoms with Crippen LogP contribution in [0, 0.1) is 0 Å². The molecular weight excluding hydrogens is 534 g/mol. The Labute approximate surface area is 232 Å². The molecule has 0 unspecified atom stereocenters. The molecular formula is C29H24ClN5O5. The molecule has 0 fully saturated rings. The molecule has 10 nitrogen and oxygen atoms in total. The fourth-order valence-electron chi connectivity index (χ4n) is 4.66. The van der Waals surface area contributed by atoms with Gasteiger partial charge in [-0.25, -0.2) is 9.78 Å². The summed E-state index contributed by atoms with van der Waals surface area (Å²) in [6.45, 7) is 0.756. The highest BCUT2D eigenvalue weighted by atomic mass is 35.5. The van der Waals surface area contributed by atoms with Gasteiger partial charge in [0, 0.05) is 30.1 Å². The van der Waals surface area contributed by atoms with Crippen molar-refractivity contribution in [1.29, 1.82) is 0 Å². The van der Waals surface area contributed by atoms with E-state index in [4.69, 9.17) is 26.1 Å². The molecule has 0 saturated carbocycles. The molecule has 3 aromatic carbocycles.